The molecule has 0 aliphatic carbocycles. The van der Waals surface area contributed by atoms with Crippen molar-refractivity contribution >= 4 is 0 Å². The van der Waals surface area contributed by atoms with Crippen LogP contribution in [0.15, 0.2) is 18.2 Å². The first kappa shape index (κ1) is 9.95. The van der Waals surface area contributed by atoms with Crippen LogP contribution in [-0.2, 0) is 0 Å². The van der Waals surface area contributed by atoms with Gasteiger partial charge in [0.2, 0.25) is 0 Å². The maximum atomic E-state index is 12.6. The smallest absolute Gasteiger partial charge is 0.164 e. The number of aliphatic hydroxyl groups is 1. The van der Waals surface area contributed by atoms with Crippen molar-refractivity contribution in [3.8, 4) is 5.75 Å². The molecular formula is C9H12FNO2. The van der Waals surface area contributed by atoms with Crippen LogP contribution in [0.3, 0.4) is 0 Å². The fraction of sp³-hybridized carbons (Fsp3) is 0.333. The van der Waals surface area contributed by atoms with Gasteiger partial charge in [0.1, 0.15) is 0 Å². The Morgan fingerprint density at radius 3 is 2.77 bits per heavy atom. The molecule has 1 aromatic carbocycles. The lowest BCUT2D eigenvalue weighted by Crippen LogP contribution is -2.16. The fourth-order valence-electron chi connectivity index (χ4n) is 1.05. The summed E-state index contributed by atoms with van der Waals surface area (Å²) in [5, 5.41) is 21.2. The molecule has 0 saturated heterocycles. The van der Waals surface area contributed by atoms with Gasteiger partial charge < -0.3 is 15.5 Å². The van der Waals surface area contributed by atoms with E-state index in [1.54, 1.807) is 7.05 Å². The maximum Gasteiger partial charge on any atom is 0.164 e. The molecule has 0 radical (unpaired) electrons. The molecule has 0 aromatic heterocycles. The zero-order valence-electron chi connectivity index (χ0n) is 7.29. The Hall–Kier alpha value is -1.13. The van der Waals surface area contributed by atoms with Crippen LogP contribution in [0, 0.1) is 5.82 Å². The van der Waals surface area contributed by atoms with Gasteiger partial charge in [-0.25, -0.2) is 4.39 Å². The SMILES string of the molecule is CNC[C@H](O)c1ccc(F)c(O)c1. The van der Waals surface area contributed by atoms with Crippen LogP contribution in [0.5, 0.6) is 5.75 Å². The molecule has 4 heteroatoms. The molecule has 0 aliphatic rings. The zero-order chi connectivity index (χ0) is 9.84. The molecular weight excluding hydrogens is 173 g/mol. The number of nitrogens with one attached hydrogen (secondary N) is 1. The van der Waals surface area contributed by atoms with Crippen molar-refractivity contribution in [2.24, 2.45) is 0 Å². The van der Waals surface area contributed by atoms with Gasteiger partial charge in [-0.2, -0.15) is 0 Å². The van der Waals surface area contributed by atoms with Gasteiger partial charge in [-0.05, 0) is 24.7 Å². The molecule has 0 saturated carbocycles. The highest BCUT2D eigenvalue weighted by atomic mass is 19.1. The number of rotatable bonds is 3. The second-order valence-electron chi connectivity index (χ2n) is 2.78. The molecule has 0 aliphatic heterocycles. The molecule has 1 atom stereocenters. The van der Waals surface area contributed by atoms with E-state index in [4.69, 9.17) is 5.11 Å². The number of halogens is 1. The van der Waals surface area contributed by atoms with E-state index in [-0.39, 0.29) is 0 Å². The number of phenolic OH excluding ortho intramolecular Hbond substituents is 1. The highest BCUT2D eigenvalue weighted by Gasteiger charge is 2.08. The highest BCUT2D eigenvalue weighted by Crippen LogP contribution is 2.20. The van der Waals surface area contributed by atoms with Crippen molar-refractivity contribution in [1.29, 1.82) is 0 Å². The summed E-state index contributed by atoms with van der Waals surface area (Å²) in [6, 6.07) is 3.79. The van der Waals surface area contributed by atoms with Crippen LogP contribution < -0.4 is 5.32 Å². The summed E-state index contributed by atoms with van der Waals surface area (Å²) in [5.41, 5.74) is 0.494. The predicted molar refractivity (Wildman–Crippen MR) is 47.0 cm³/mol. The standard InChI is InChI=1S/C9H12FNO2/c1-11-5-9(13)6-2-3-7(10)8(12)4-6/h2-4,9,11-13H,5H2,1H3/t9-/m0/s1. The van der Waals surface area contributed by atoms with Gasteiger partial charge in [0.15, 0.2) is 11.6 Å². The molecule has 3 N–H and O–H groups in total. The minimum atomic E-state index is -0.725. The number of aromatic hydroxyl groups is 1. The average Bonchev–Trinajstić information content (AvgIpc) is 2.10. The number of aliphatic hydroxyl groups excluding tert-OH is 1. The van der Waals surface area contributed by atoms with Gasteiger partial charge in [0.05, 0.1) is 6.10 Å². The first-order valence-corrected chi connectivity index (χ1v) is 3.96. The average molecular weight is 185 g/mol. The Morgan fingerprint density at radius 2 is 2.23 bits per heavy atom. The largest absolute Gasteiger partial charge is 0.505 e. The van der Waals surface area contributed by atoms with Crippen LogP contribution in [0.4, 0.5) is 4.39 Å². The van der Waals surface area contributed by atoms with Crippen molar-refractivity contribution in [1.82, 2.24) is 5.32 Å². The Labute approximate surface area is 75.8 Å². The molecule has 0 amide bonds. The molecule has 72 valence electrons. The Kier molecular flexibility index (Phi) is 3.22. The lowest BCUT2D eigenvalue weighted by Gasteiger charge is -2.10. The van der Waals surface area contributed by atoms with Crippen LogP contribution in [0.1, 0.15) is 11.7 Å². The number of likely N-dealkylation sites (N-methyl/N-ethyl adjacent to an activating group) is 1. The topological polar surface area (TPSA) is 52.5 Å². The summed E-state index contributed by atoms with van der Waals surface area (Å²) >= 11 is 0. The van der Waals surface area contributed by atoms with Crippen molar-refractivity contribution < 1.29 is 14.6 Å². The monoisotopic (exact) mass is 185 g/mol. The minimum absolute atomic E-state index is 0.366. The van der Waals surface area contributed by atoms with Gasteiger partial charge >= 0.3 is 0 Å². The predicted octanol–water partition coefficient (Wildman–Crippen LogP) is 0.784. The maximum absolute atomic E-state index is 12.6. The second-order valence-corrected chi connectivity index (χ2v) is 2.78. The van der Waals surface area contributed by atoms with Gasteiger partial charge in [0, 0.05) is 6.54 Å². The molecule has 0 bridgehead atoms. The van der Waals surface area contributed by atoms with Gasteiger partial charge in [-0.3, -0.25) is 0 Å². The normalized spacial score (nSPS) is 12.8. The van der Waals surface area contributed by atoms with E-state index in [9.17, 15) is 9.50 Å². The molecule has 0 unspecified atom stereocenters. The summed E-state index contributed by atoms with van der Waals surface area (Å²) in [7, 11) is 1.70. The van der Waals surface area contributed by atoms with E-state index in [1.807, 2.05) is 0 Å². The minimum Gasteiger partial charge on any atom is -0.505 e. The van der Waals surface area contributed by atoms with Gasteiger partial charge in [0.25, 0.3) is 0 Å². The van der Waals surface area contributed by atoms with Crippen molar-refractivity contribution in [3.63, 3.8) is 0 Å². The summed E-state index contributed by atoms with van der Waals surface area (Å²) < 4.78 is 12.6. The molecule has 1 aromatic rings. The number of hydrogen-bond acceptors (Lipinski definition) is 3. The third-order valence-electron chi connectivity index (χ3n) is 1.75. The molecule has 1 rings (SSSR count). The van der Waals surface area contributed by atoms with E-state index in [2.05, 4.69) is 5.32 Å². The third kappa shape index (κ3) is 2.40. The number of phenols is 1. The quantitative estimate of drug-likeness (QED) is 0.652. The summed E-state index contributed by atoms with van der Waals surface area (Å²) in [6.07, 6.45) is -0.725. The first-order chi connectivity index (χ1) is 6.15. The lowest BCUT2D eigenvalue weighted by molar-refractivity contribution is 0.177. The van der Waals surface area contributed by atoms with E-state index in [1.165, 1.54) is 12.1 Å². The Morgan fingerprint density at radius 1 is 1.54 bits per heavy atom. The van der Waals surface area contributed by atoms with Crippen molar-refractivity contribution in [3.05, 3.63) is 29.6 Å². The summed E-state index contributed by atoms with van der Waals surface area (Å²) in [4.78, 5) is 0. The number of hydrogen-bond donors (Lipinski definition) is 3. The van der Waals surface area contributed by atoms with Crippen LogP contribution in [-0.4, -0.2) is 23.8 Å². The van der Waals surface area contributed by atoms with E-state index in [0.717, 1.165) is 6.07 Å². The van der Waals surface area contributed by atoms with Gasteiger partial charge in [-0.1, -0.05) is 6.07 Å². The molecule has 0 fully saturated rings. The Bertz CT molecular complexity index is 291. The van der Waals surface area contributed by atoms with Crippen LogP contribution >= 0.6 is 0 Å². The van der Waals surface area contributed by atoms with E-state index >= 15 is 0 Å². The molecule has 13 heavy (non-hydrogen) atoms. The van der Waals surface area contributed by atoms with Crippen LogP contribution in [0.2, 0.25) is 0 Å². The number of benzene rings is 1. The summed E-state index contributed by atoms with van der Waals surface area (Å²) in [5.74, 6) is -1.12. The highest BCUT2D eigenvalue weighted by molar-refractivity contribution is 5.30. The lowest BCUT2D eigenvalue weighted by atomic mass is 10.1. The third-order valence-corrected chi connectivity index (χ3v) is 1.75. The summed E-state index contributed by atoms with van der Waals surface area (Å²) in [6.45, 7) is 0.366. The van der Waals surface area contributed by atoms with Crippen molar-refractivity contribution in [2.75, 3.05) is 13.6 Å². The zero-order valence-corrected chi connectivity index (χ0v) is 7.29. The van der Waals surface area contributed by atoms with Gasteiger partial charge in [-0.15, -0.1) is 0 Å². The van der Waals surface area contributed by atoms with Crippen LogP contribution in [0.25, 0.3) is 0 Å². The fourth-order valence-corrected chi connectivity index (χ4v) is 1.05. The van der Waals surface area contributed by atoms with E-state index in [0.29, 0.717) is 12.1 Å². The van der Waals surface area contributed by atoms with E-state index < -0.39 is 17.7 Å². The van der Waals surface area contributed by atoms with Crippen molar-refractivity contribution in [2.45, 2.75) is 6.10 Å². The second kappa shape index (κ2) is 4.20. The molecule has 0 heterocycles. The molecule has 3 nitrogen and oxygen atoms in total. The Balaban J connectivity index is 2.84. The first-order valence-electron chi connectivity index (χ1n) is 3.96. The molecule has 0 spiro atoms.